The van der Waals surface area contributed by atoms with E-state index in [-0.39, 0.29) is 25.2 Å². The zero-order valence-corrected chi connectivity index (χ0v) is 20.0. The van der Waals surface area contributed by atoms with Crippen molar-refractivity contribution in [2.75, 3.05) is 0 Å². The zero-order valence-electron chi connectivity index (χ0n) is 20.0. The van der Waals surface area contributed by atoms with Gasteiger partial charge in [0.15, 0.2) is 0 Å². The molecule has 0 saturated heterocycles. The minimum absolute atomic E-state index is 0.140. The second kappa shape index (κ2) is 14.8. The van der Waals surface area contributed by atoms with Gasteiger partial charge < -0.3 is 37.6 Å². The maximum Gasteiger partial charge on any atom is 0.326 e. The Morgan fingerprint density at radius 2 is 1.32 bits per heavy atom. The smallest absolute Gasteiger partial charge is 0.326 e. The number of primary amides is 1. The van der Waals surface area contributed by atoms with Gasteiger partial charge in [0, 0.05) is 12.8 Å². The van der Waals surface area contributed by atoms with Crippen molar-refractivity contribution in [1.29, 1.82) is 0 Å². The second-order valence-corrected chi connectivity index (χ2v) is 8.54. The molecule has 0 aromatic heterocycles. The van der Waals surface area contributed by atoms with E-state index in [1.165, 1.54) is 0 Å². The fourth-order valence-corrected chi connectivity index (χ4v) is 2.91. The van der Waals surface area contributed by atoms with Gasteiger partial charge >= 0.3 is 11.9 Å². The first-order valence-electron chi connectivity index (χ1n) is 11.1. The normalized spacial score (nSPS) is 15.4. The lowest BCUT2D eigenvalue weighted by Gasteiger charge is -2.27. The molecule has 5 unspecified atom stereocenters. The third-order valence-corrected chi connectivity index (χ3v) is 5.38. The maximum atomic E-state index is 12.9. The molecule has 0 rings (SSSR count). The molecule has 0 aromatic rings. The highest BCUT2D eigenvalue weighted by Crippen LogP contribution is 2.09. The number of aliphatic carboxylic acids is 2. The number of nitrogens with two attached hydrogens (primary N) is 2. The Labute approximate surface area is 198 Å². The Balaban J connectivity index is 5.55. The average molecular weight is 488 g/mol. The first-order valence-corrected chi connectivity index (χ1v) is 11.1. The summed E-state index contributed by atoms with van der Waals surface area (Å²) < 4.78 is 0. The van der Waals surface area contributed by atoms with Gasteiger partial charge in [-0.25, -0.2) is 4.79 Å². The van der Waals surface area contributed by atoms with Gasteiger partial charge in [0.05, 0.1) is 6.04 Å². The highest BCUT2D eigenvalue weighted by molar-refractivity contribution is 5.94. The van der Waals surface area contributed by atoms with Gasteiger partial charge in [0.1, 0.15) is 18.1 Å². The van der Waals surface area contributed by atoms with E-state index < -0.39 is 72.1 Å². The number of carbonyl (C=O) groups is 6. The fraction of sp³-hybridized carbons (Fsp3) is 0.714. The maximum absolute atomic E-state index is 12.9. The molecule has 0 radical (unpaired) electrons. The summed E-state index contributed by atoms with van der Waals surface area (Å²) in [7, 11) is 0. The number of nitrogens with one attached hydrogen (secondary N) is 3. The second-order valence-electron chi connectivity index (χ2n) is 8.54. The number of rotatable bonds is 16. The molecule has 34 heavy (non-hydrogen) atoms. The van der Waals surface area contributed by atoms with Crippen LogP contribution in [0.1, 0.15) is 59.8 Å². The molecule has 0 aromatic carbocycles. The number of carboxylic acid groups (broad SMARTS) is 2. The van der Waals surface area contributed by atoms with Crippen molar-refractivity contribution in [1.82, 2.24) is 16.0 Å². The Morgan fingerprint density at radius 1 is 0.794 bits per heavy atom. The first-order chi connectivity index (χ1) is 15.7. The molecule has 0 aliphatic heterocycles. The van der Waals surface area contributed by atoms with Crippen LogP contribution in [0.3, 0.4) is 0 Å². The van der Waals surface area contributed by atoms with Crippen LogP contribution >= 0.6 is 0 Å². The molecule has 0 fully saturated rings. The van der Waals surface area contributed by atoms with Crippen LogP contribution in [0.2, 0.25) is 0 Å². The summed E-state index contributed by atoms with van der Waals surface area (Å²) in [5.41, 5.74) is 10.9. The number of carbonyl (C=O) groups excluding carboxylic acids is 4. The lowest BCUT2D eigenvalue weighted by Crippen LogP contribution is -2.59. The minimum atomic E-state index is -1.47. The van der Waals surface area contributed by atoms with Crippen LogP contribution in [0, 0.1) is 11.8 Å². The molecule has 0 spiro atoms. The van der Waals surface area contributed by atoms with E-state index in [4.69, 9.17) is 16.6 Å². The Bertz CT molecular complexity index is 757. The summed E-state index contributed by atoms with van der Waals surface area (Å²) in [6, 6.07) is -4.81. The summed E-state index contributed by atoms with van der Waals surface area (Å²) in [6.07, 6.45) is -0.768. The molecular formula is C21H37N5O8. The van der Waals surface area contributed by atoms with E-state index >= 15 is 0 Å². The highest BCUT2D eigenvalue weighted by Gasteiger charge is 2.32. The number of carboxylic acids is 2. The molecule has 0 aliphatic rings. The fourth-order valence-electron chi connectivity index (χ4n) is 2.91. The molecular weight excluding hydrogens is 450 g/mol. The van der Waals surface area contributed by atoms with Crippen molar-refractivity contribution >= 4 is 35.6 Å². The number of hydrogen-bond donors (Lipinski definition) is 7. The predicted molar refractivity (Wildman–Crippen MR) is 121 cm³/mol. The van der Waals surface area contributed by atoms with Crippen LogP contribution in [-0.4, -0.2) is 69.9 Å². The van der Waals surface area contributed by atoms with Crippen molar-refractivity contribution in [2.45, 2.75) is 84.0 Å². The van der Waals surface area contributed by atoms with E-state index in [1.54, 1.807) is 20.8 Å². The molecule has 4 amide bonds. The summed E-state index contributed by atoms with van der Waals surface area (Å²) in [6.45, 7) is 6.98. The summed E-state index contributed by atoms with van der Waals surface area (Å²) in [4.78, 5) is 71.5. The first kappa shape index (κ1) is 30.8. The van der Waals surface area contributed by atoms with Crippen LogP contribution in [0.15, 0.2) is 0 Å². The topological polar surface area (TPSA) is 231 Å². The Morgan fingerprint density at radius 3 is 1.76 bits per heavy atom. The van der Waals surface area contributed by atoms with Crippen molar-refractivity contribution in [3.8, 4) is 0 Å². The van der Waals surface area contributed by atoms with E-state index in [0.29, 0.717) is 6.42 Å². The van der Waals surface area contributed by atoms with Gasteiger partial charge in [-0.1, -0.05) is 34.1 Å². The van der Waals surface area contributed by atoms with E-state index in [9.17, 15) is 33.9 Å². The van der Waals surface area contributed by atoms with Crippen LogP contribution in [0.25, 0.3) is 0 Å². The molecule has 13 heteroatoms. The molecule has 5 atom stereocenters. The SMILES string of the molecule is CCC(C)C(N)C(=O)NC(C(=O)NC(CCC(=O)O)C(=O)NC(CCC(N)=O)C(=O)O)C(C)C. The van der Waals surface area contributed by atoms with Gasteiger partial charge in [-0.3, -0.25) is 24.0 Å². The lowest BCUT2D eigenvalue weighted by atomic mass is 9.97. The molecule has 13 nitrogen and oxygen atoms in total. The molecule has 9 N–H and O–H groups in total. The summed E-state index contributed by atoms with van der Waals surface area (Å²) in [5.74, 6) is -6.22. The average Bonchev–Trinajstić information content (AvgIpc) is 2.75. The van der Waals surface area contributed by atoms with Crippen molar-refractivity contribution < 1.29 is 39.0 Å². The van der Waals surface area contributed by atoms with E-state index in [1.807, 2.05) is 6.92 Å². The van der Waals surface area contributed by atoms with Crippen LogP contribution in [0.4, 0.5) is 0 Å². The third kappa shape index (κ3) is 11.1. The molecule has 0 saturated carbocycles. The Kier molecular flexibility index (Phi) is 13.4. The monoisotopic (exact) mass is 487 g/mol. The molecule has 194 valence electrons. The number of amides is 4. The highest BCUT2D eigenvalue weighted by atomic mass is 16.4. The number of hydrogen-bond acceptors (Lipinski definition) is 7. The standard InChI is InChI=1S/C21H37N5O8/c1-5-11(4)16(23)19(31)26-17(10(2)3)20(32)24-12(7-9-15(28)29)18(30)25-13(21(33)34)6-8-14(22)27/h10-13,16-17H,5-9,23H2,1-4H3,(H2,22,27)(H,24,32)(H,25,30)(H,26,31)(H,28,29)(H,33,34). The van der Waals surface area contributed by atoms with Crippen LogP contribution in [0.5, 0.6) is 0 Å². The van der Waals surface area contributed by atoms with Gasteiger partial charge in [-0.2, -0.15) is 0 Å². The third-order valence-electron chi connectivity index (χ3n) is 5.38. The molecule has 0 bridgehead atoms. The Hall–Kier alpha value is -3.22. The quantitative estimate of drug-likeness (QED) is 0.137. The van der Waals surface area contributed by atoms with Crippen LogP contribution in [-0.2, 0) is 28.8 Å². The van der Waals surface area contributed by atoms with Gasteiger partial charge in [0.2, 0.25) is 23.6 Å². The summed E-state index contributed by atoms with van der Waals surface area (Å²) >= 11 is 0. The van der Waals surface area contributed by atoms with E-state index in [2.05, 4.69) is 16.0 Å². The van der Waals surface area contributed by atoms with Crippen molar-refractivity contribution in [2.24, 2.45) is 23.3 Å². The lowest BCUT2D eigenvalue weighted by molar-refractivity contribution is -0.143. The van der Waals surface area contributed by atoms with Crippen molar-refractivity contribution in [3.05, 3.63) is 0 Å². The summed E-state index contributed by atoms with van der Waals surface area (Å²) in [5, 5.41) is 25.4. The van der Waals surface area contributed by atoms with Gasteiger partial charge in [-0.15, -0.1) is 0 Å². The van der Waals surface area contributed by atoms with Gasteiger partial charge in [-0.05, 0) is 24.7 Å². The zero-order chi connectivity index (χ0) is 26.6. The van der Waals surface area contributed by atoms with Gasteiger partial charge in [0.25, 0.3) is 0 Å². The predicted octanol–water partition coefficient (Wildman–Crippen LogP) is -1.31. The van der Waals surface area contributed by atoms with Crippen LogP contribution < -0.4 is 27.4 Å². The largest absolute Gasteiger partial charge is 0.481 e. The van der Waals surface area contributed by atoms with Crippen molar-refractivity contribution in [3.63, 3.8) is 0 Å². The molecule has 0 heterocycles. The minimum Gasteiger partial charge on any atom is -0.481 e. The molecule has 0 aliphatic carbocycles. The van der Waals surface area contributed by atoms with E-state index in [0.717, 1.165) is 0 Å².